The Morgan fingerprint density at radius 3 is 2.89 bits per heavy atom. The summed E-state index contributed by atoms with van der Waals surface area (Å²) in [4.78, 5) is 4.55. The average molecular weight is 249 g/mol. The second kappa shape index (κ2) is 4.65. The quantitative estimate of drug-likeness (QED) is 0.891. The lowest BCUT2D eigenvalue weighted by molar-refractivity contribution is 0.340. The van der Waals surface area contributed by atoms with Crippen LogP contribution < -0.4 is 5.32 Å². The minimum atomic E-state index is 0.381. The molecule has 1 aliphatic heterocycles. The lowest BCUT2D eigenvalue weighted by Gasteiger charge is -2.22. The number of nitrogens with one attached hydrogen (secondary N) is 1. The second-order valence-electron chi connectivity index (χ2n) is 6.48. The van der Waals surface area contributed by atoms with E-state index in [0.29, 0.717) is 17.4 Å². The van der Waals surface area contributed by atoms with E-state index in [1.165, 1.54) is 25.7 Å². The monoisotopic (exact) mass is 249 g/mol. The van der Waals surface area contributed by atoms with Crippen LogP contribution in [0.2, 0.25) is 0 Å². The molecule has 100 valence electrons. The molecule has 1 aromatic heterocycles. The van der Waals surface area contributed by atoms with Crippen LogP contribution in [-0.2, 0) is 6.42 Å². The number of piperidine rings is 1. The van der Waals surface area contributed by atoms with Gasteiger partial charge in [-0.1, -0.05) is 25.4 Å². The first-order chi connectivity index (χ1) is 8.65. The molecule has 1 aromatic rings. The molecule has 1 N–H and O–H groups in total. The molecule has 1 aliphatic carbocycles. The number of hydrogen-bond donors (Lipinski definition) is 1. The fourth-order valence-electron chi connectivity index (χ4n) is 2.89. The summed E-state index contributed by atoms with van der Waals surface area (Å²) in [6.07, 6.45) is 7.18. The fourth-order valence-corrected chi connectivity index (χ4v) is 2.89. The van der Waals surface area contributed by atoms with Gasteiger partial charge < -0.3 is 9.84 Å². The van der Waals surface area contributed by atoms with Crippen LogP contribution >= 0.6 is 0 Å². The molecule has 4 nitrogen and oxygen atoms in total. The number of nitrogens with zero attached hydrogens (tertiary/aromatic N) is 2. The lowest BCUT2D eigenvalue weighted by Crippen LogP contribution is -2.34. The molecule has 2 unspecified atom stereocenters. The van der Waals surface area contributed by atoms with Crippen molar-refractivity contribution in [1.82, 2.24) is 15.5 Å². The van der Waals surface area contributed by atoms with E-state index in [4.69, 9.17) is 4.52 Å². The Hall–Kier alpha value is -0.900. The van der Waals surface area contributed by atoms with Gasteiger partial charge in [0.25, 0.3) is 0 Å². The molecule has 0 spiro atoms. The van der Waals surface area contributed by atoms with Crippen LogP contribution in [0.5, 0.6) is 0 Å². The third kappa shape index (κ3) is 2.58. The van der Waals surface area contributed by atoms with E-state index < -0.39 is 0 Å². The predicted octanol–water partition coefficient (Wildman–Crippen LogP) is 2.66. The minimum Gasteiger partial charge on any atom is -0.339 e. The Kier molecular flexibility index (Phi) is 3.14. The molecule has 4 heteroatoms. The van der Waals surface area contributed by atoms with Gasteiger partial charge in [0.2, 0.25) is 5.89 Å². The number of aromatic nitrogens is 2. The van der Waals surface area contributed by atoms with Crippen molar-refractivity contribution in [2.45, 2.75) is 64.3 Å². The van der Waals surface area contributed by atoms with Gasteiger partial charge in [-0.05, 0) is 37.6 Å². The molecule has 2 atom stereocenters. The smallest absolute Gasteiger partial charge is 0.226 e. The minimum absolute atomic E-state index is 0.381. The molecule has 0 radical (unpaired) electrons. The zero-order chi connectivity index (χ0) is 12.6. The van der Waals surface area contributed by atoms with Gasteiger partial charge in [0.05, 0.1) is 0 Å². The molecular formula is C14H23N3O. The van der Waals surface area contributed by atoms with E-state index in [9.17, 15) is 0 Å². The van der Waals surface area contributed by atoms with Crippen molar-refractivity contribution in [3.63, 3.8) is 0 Å². The van der Waals surface area contributed by atoms with E-state index in [2.05, 4.69) is 29.3 Å². The fraction of sp³-hybridized carbons (Fsp3) is 0.857. The van der Waals surface area contributed by atoms with E-state index in [1.54, 1.807) is 0 Å². The van der Waals surface area contributed by atoms with Crippen LogP contribution in [0.4, 0.5) is 0 Å². The van der Waals surface area contributed by atoms with Crippen LogP contribution in [0, 0.1) is 5.41 Å². The molecule has 0 bridgehead atoms. The maximum atomic E-state index is 5.36. The standard InChI is InChI=1S/C14H23N3O/c1-14(2)9-11(14)13-16-12(18-17-13)7-6-10-5-3-4-8-15-10/h10-11,15H,3-9H2,1-2H3. The Bertz CT molecular complexity index is 407. The summed E-state index contributed by atoms with van der Waals surface area (Å²) >= 11 is 0. The molecule has 1 saturated carbocycles. The normalized spacial score (nSPS) is 30.3. The number of aryl methyl sites for hydroxylation is 1. The maximum absolute atomic E-state index is 5.36. The summed E-state index contributed by atoms with van der Waals surface area (Å²) in [5, 5.41) is 7.69. The predicted molar refractivity (Wildman–Crippen MR) is 69.4 cm³/mol. The highest BCUT2D eigenvalue weighted by molar-refractivity contribution is 5.14. The molecule has 0 amide bonds. The Morgan fingerprint density at radius 1 is 1.39 bits per heavy atom. The molecule has 2 heterocycles. The lowest BCUT2D eigenvalue weighted by atomic mass is 10.0. The highest BCUT2D eigenvalue weighted by Crippen LogP contribution is 2.57. The van der Waals surface area contributed by atoms with Crippen molar-refractivity contribution < 1.29 is 4.52 Å². The maximum Gasteiger partial charge on any atom is 0.226 e. The summed E-state index contributed by atoms with van der Waals surface area (Å²) in [6.45, 7) is 5.69. The summed E-state index contributed by atoms with van der Waals surface area (Å²) in [5.41, 5.74) is 0.381. The molecule has 18 heavy (non-hydrogen) atoms. The van der Waals surface area contributed by atoms with Gasteiger partial charge in [0, 0.05) is 18.4 Å². The number of rotatable bonds is 4. The summed E-state index contributed by atoms with van der Waals surface area (Å²) in [6, 6.07) is 0.645. The van der Waals surface area contributed by atoms with Gasteiger partial charge >= 0.3 is 0 Å². The first-order valence-electron chi connectivity index (χ1n) is 7.21. The summed E-state index contributed by atoms with van der Waals surface area (Å²) in [5.74, 6) is 2.26. The van der Waals surface area contributed by atoms with Crippen molar-refractivity contribution in [2.75, 3.05) is 6.54 Å². The number of hydrogen-bond acceptors (Lipinski definition) is 4. The van der Waals surface area contributed by atoms with E-state index >= 15 is 0 Å². The van der Waals surface area contributed by atoms with Crippen LogP contribution in [-0.4, -0.2) is 22.7 Å². The van der Waals surface area contributed by atoms with Crippen molar-refractivity contribution in [2.24, 2.45) is 5.41 Å². The Labute approximate surface area is 109 Å². The van der Waals surface area contributed by atoms with Crippen LogP contribution in [0.25, 0.3) is 0 Å². The van der Waals surface area contributed by atoms with Crippen LogP contribution in [0.15, 0.2) is 4.52 Å². The summed E-state index contributed by atoms with van der Waals surface area (Å²) < 4.78 is 5.36. The van der Waals surface area contributed by atoms with E-state index in [-0.39, 0.29) is 0 Å². The van der Waals surface area contributed by atoms with Crippen LogP contribution in [0.1, 0.15) is 63.6 Å². The third-order valence-corrected chi connectivity index (χ3v) is 4.43. The first kappa shape index (κ1) is 12.2. The highest BCUT2D eigenvalue weighted by Gasteiger charge is 2.49. The van der Waals surface area contributed by atoms with E-state index in [1.807, 2.05) is 0 Å². The van der Waals surface area contributed by atoms with Crippen molar-refractivity contribution in [3.8, 4) is 0 Å². The second-order valence-corrected chi connectivity index (χ2v) is 6.48. The molecular weight excluding hydrogens is 226 g/mol. The van der Waals surface area contributed by atoms with E-state index in [0.717, 1.165) is 31.1 Å². The highest BCUT2D eigenvalue weighted by atomic mass is 16.5. The van der Waals surface area contributed by atoms with Gasteiger partial charge in [0.15, 0.2) is 5.82 Å². The average Bonchev–Trinajstić information content (AvgIpc) is 2.81. The molecule has 3 rings (SSSR count). The zero-order valence-electron chi connectivity index (χ0n) is 11.4. The zero-order valence-corrected chi connectivity index (χ0v) is 11.4. The largest absolute Gasteiger partial charge is 0.339 e. The molecule has 2 aliphatic rings. The van der Waals surface area contributed by atoms with Crippen molar-refractivity contribution >= 4 is 0 Å². The third-order valence-electron chi connectivity index (χ3n) is 4.43. The van der Waals surface area contributed by atoms with Crippen molar-refractivity contribution in [1.29, 1.82) is 0 Å². The SMILES string of the molecule is CC1(C)CC1c1noc(CCC2CCCCN2)n1. The molecule has 2 fully saturated rings. The van der Waals surface area contributed by atoms with Gasteiger partial charge in [0.1, 0.15) is 0 Å². The van der Waals surface area contributed by atoms with Crippen LogP contribution in [0.3, 0.4) is 0 Å². The van der Waals surface area contributed by atoms with Crippen molar-refractivity contribution in [3.05, 3.63) is 11.7 Å². The molecule has 1 saturated heterocycles. The Balaban J connectivity index is 1.51. The summed E-state index contributed by atoms with van der Waals surface area (Å²) in [7, 11) is 0. The van der Waals surface area contributed by atoms with Gasteiger partial charge in [-0.15, -0.1) is 0 Å². The molecule has 0 aromatic carbocycles. The van der Waals surface area contributed by atoms with Gasteiger partial charge in [-0.2, -0.15) is 4.98 Å². The van der Waals surface area contributed by atoms with Gasteiger partial charge in [-0.25, -0.2) is 0 Å². The Morgan fingerprint density at radius 2 is 2.22 bits per heavy atom. The topological polar surface area (TPSA) is 51.0 Å². The van der Waals surface area contributed by atoms with Gasteiger partial charge in [-0.3, -0.25) is 0 Å². The first-order valence-corrected chi connectivity index (χ1v) is 7.21.